The van der Waals surface area contributed by atoms with Gasteiger partial charge in [0, 0.05) is 11.1 Å². The molecule has 2 heterocycles. The molecule has 0 spiro atoms. The number of hydrogen-bond donors (Lipinski definition) is 1. The molecule has 68 valence electrons. The van der Waals surface area contributed by atoms with Gasteiger partial charge in [0.2, 0.25) is 0 Å². The molecule has 6 heteroatoms. The zero-order chi connectivity index (χ0) is 9.10. The normalized spacial score (nSPS) is 10.5. The Morgan fingerprint density at radius 2 is 2.54 bits per heavy atom. The van der Waals surface area contributed by atoms with E-state index in [1.807, 2.05) is 6.92 Å². The van der Waals surface area contributed by atoms with Crippen LogP contribution in [0, 0.1) is 6.92 Å². The van der Waals surface area contributed by atoms with E-state index < -0.39 is 0 Å². The van der Waals surface area contributed by atoms with Crippen molar-refractivity contribution in [2.24, 2.45) is 0 Å². The molecule has 2 rings (SSSR count). The minimum Gasteiger partial charge on any atom is -0.254 e. The SMILES string of the molecule is Cc1csc(CSc2ncn[nH]2)n1. The lowest BCUT2D eigenvalue weighted by atomic mass is 10.6. The second-order valence-corrected chi connectivity index (χ2v) is 4.37. The van der Waals surface area contributed by atoms with Crippen LogP contribution in [0.5, 0.6) is 0 Å². The van der Waals surface area contributed by atoms with Gasteiger partial charge in [-0.25, -0.2) is 9.97 Å². The summed E-state index contributed by atoms with van der Waals surface area (Å²) in [4.78, 5) is 8.36. The number of rotatable bonds is 3. The Bertz CT molecular complexity index is 368. The van der Waals surface area contributed by atoms with E-state index in [0.29, 0.717) is 0 Å². The van der Waals surface area contributed by atoms with Crippen LogP contribution in [0.4, 0.5) is 0 Å². The van der Waals surface area contributed by atoms with Crippen molar-refractivity contribution in [1.29, 1.82) is 0 Å². The topological polar surface area (TPSA) is 54.5 Å². The van der Waals surface area contributed by atoms with Crippen molar-refractivity contribution in [2.75, 3.05) is 0 Å². The zero-order valence-corrected chi connectivity index (χ0v) is 8.65. The molecule has 0 atom stereocenters. The predicted molar refractivity (Wildman–Crippen MR) is 52.8 cm³/mol. The standard InChI is InChI=1S/C7H8N4S2/c1-5-2-12-6(10-5)3-13-7-8-4-9-11-7/h2,4H,3H2,1H3,(H,8,9,11). The molecule has 0 fully saturated rings. The fourth-order valence-electron chi connectivity index (χ4n) is 0.863. The van der Waals surface area contributed by atoms with Gasteiger partial charge in [-0.1, -0.05) is 11.8 Å². The van der Waals surface area contributed by atoms with Gasteiger partial charge in [-0.05, 0) is 6.92 Å². The van der Waals surface area contributed by atoms with Crippen molar-refractivity contribution in [3.8, 4) is 0 Å². The number of nitrogens with zero attached hydrogens (tertiary/aromatic N) is 3. The number of nitrogens with one attached hydrogen (secondary N) is 1. The summed E-state index contributed by atoms with van der Waals surface area (Å²) in [6.07, 6.45) is 1.51. The second-order valence-electron chi connectivity index (χ2n) is 2.46. The third-order valence-electron chi connectivity index (χ3n) is 1.39. The Morgan fingerprint density at radius 1 is 1.62 bits per heavy atom. The minimum atomic E-state index is 0.841. The average molecular weight is 212 g/mol. The summed E-state index contributed by atoms with van der Waals surface area (Å²) >= 11 is 3.29. The lowest BCUT2D eigenvalue weighted by molar-refractivity contribution is 0.972. The van der Waals surface area contributed by atoms with Gasteiger partial charge in [0.25, 0.3) is 0 Å². The van der Waals surface area contributed by atoms with Crippen molar-refractivity contribution in [3.63, 3.8) is 0 Å². The summed E-state index contributed by atoms with van der Waals surface area (Å²) in [6, 6.07) is 0. The Kier molecular flexibility index (Phi) is 2.60. The number of thioether (sulfide) groups is 1. The van der Waals surface area contributed by atoms with E-state index in [9.17, 15) is 0 Å². The third-order valence-corrected chi connectivity index (χ3v) is 3.43. The van der Waals surface area contributed by atoms with Gasteiger partial charge in [-0.3, -0.25) is 5.10 Å². The predicted octanol–water partition coefficient (Wildman–Crippen LogP) is 1.86. The van der Waals surface area contributed by atoms with Crippen LogP contribution in [0.15, 0.2) is 16.9 Å². The molecule has 0 saturated heterocycles. The Labute approximate surface area is 83.8 Å². The lowest BCUT2D eigenvalue weighted by Crippen LogP contribution is -1.81. The molecule has 0 aliphatic rings. The highest BCUT2D eigenvalue weighted by atomic mass is 32.2. The molecule has 2 aromatic rings. The molecule has 0 radical (unpaired) electrons. The summed E-state index contributed by atoms with van der Waals surface area (Å²) in [7, 11) is 0. The van der Waals surface area contributed by atoms with E-state index in [1.165, 1.54) is 6.33 Å². The molecule has 0 aliphatic carbocycles. The van der Waals surface area contributed by atoms with Crippen molar-refractivity contribution in [2.45, 2.75) is 17.8 Å². The van der Waals surface area contributed by atoms with E-state index in [2.05, 4.69) is 25.5 Å². The monoisotopic (exact) mass is 212 g/mol. The number of thiazole rings is 1. The van der Waals surface area contributed by atoms with Crippen LogP contribution in [0.2, 0.25) is 0 Å². The van der Waals surface area contributed by atoms with E-state index in [-0.39, 0.29) is 0 Å². The van der Waals surface area contributed by atoms with E-state index in [1.54, 1.807) is 23.1 Å². The van der Waals surface area contributed by atoms with Crippen LogP contribution < -0.4 is 0 Å². The number of aryl methyl sites for hydroxylation is 1. The number of hydrogen-bond acceptors (Lipinski definition) is 5. The summed E-state index contributed by atoms with van der Waals surface area (Å²) in [5.74, 6) is 0.855. The average Bonchev–Trinajstić information content (AvgIpc) is 2.71. The highest BCUT2D eigenvalue weighted by molar-refractivity contribution is 7.98. The fourth-order valence-corrected chi connectivity index (χ4v) is 2.43. The van der Waals surface area contributed by atoms with E-state index in [0.717, 1.165) is 21.6 Å². The van der Waals surface area contributed by atoms with Crippen LogP contribution in [-0.2, 0) is 5.75 Å². The van der Waals surface area contributed by atoms with Gasteiger partial charge in [0.1, 0.15) is 11.3 Å². The van der Waals surface area contributed by atoms with Gasteiger partial charge < -0.3 is 0 Å². The molecule has 0 amide bonds. The van der Waals surface area contributed by atoms with Crippen molar-refractivity contribution in [1.82, 2.24) is 20.2 Å². The fraction of sp³-hybridized carbons (Fsp3) is 0.286. The first kappa shape index (κ1) is 8.71. The number of H-pyrrole nitrogens is 1. The minimum absolute atomic E-state index is 0.841. The van der Waals surface area contributed by atoms with Crippen LogP contribution in [-0.4, -0.2) is 20.2 Å². The molecule has 4 nitrogen and oxygen atoms in total. The third kappa shape index (κ3) is 2.28. The van der Waals surface area contributed by atoms with E-state index in [4.69, 9.17) is 0 Å². The quantitative estimate of drug-likeness (QED) is 0.789. The molecule has 0 aromatic carbocycles. The van der Waals surface area contributed by atoms with Crippen molar-refractivity contribution in [3.05, 3.63) is 22.4 Å². The Morgan fingerprint density at radius 3 is 3.15 bits per heavy atom. The maximum Gasteiger partial charge on any atom is 0.183 e. The van der Waals surface area contributed by atoms with Gasteiger partial charge >= 0.3 is 0 Å². The van der Waals surface area contributed by atoms with Gasteiger partial charge in [0.05, 0.1) is 5.75 Å². The lowest BCUT2D eigenvalue weighted by Gasteiger charge is -1.91. The van der Waals surface area contributed by atoms with Crippen LogP contribution in [0.25, 0.3) is 0 Å². The van der Waals surface area contributed by atoms with Gasteiger partial charge in [-0.2, -0.15) is 5.10 Å². The highest BCUT2D eigenvalue weighted by Gasteiger charge is 2.01. The van der Waals surface area contributed by atoms with Gasteiger partial charge in [0.15, 0.2) is 5.16 Å². The van der Waals surface area contributed by atoms with Crippen LogP contribution >= 0.6 is 23.1 Å². The smallest absolute Gasteiger partial charge is 0.183 e. The molecule has 0 bridgehead atoms. The summed E-state index contributed by atoms with van der Waals surface area (Å²) in [5, 5.41) is 10.6. The highest BCUT2D eigenvalue weighted by Crippen LogP contribution is 2.20. The maximum atomic E-state index is 4.35. The van der Waals surface area contributed by atoms with Crippen LogP contribution in [0.1, 0.15) is 10.7 Å². The molecular weight excluding hydrogens is 204 g/mol. The van der Waals surface area contributed by atoms with Gasteiger partial charge in [-0.15, -0.1) is 11.3 Å². The first-order valence-corrected chi connectivity index (χ1v) is 5.60. The Balaban J connectivity index is 1.93. The first-order valence-electron chi connectivity index (χ1n) is 3.74. The van der Waals surface area contributed by atoms with Crippen molar-refractivity contribution >= 4 is 23.1 Å². The molecule has 1 N–H and O–H groups in total. The van der Waals surface area contributed by atoms with Crippen molar-refractivity contribution < 1.29 is 0 Å². The number of aromatic nitrogens is 4. The molecule has 0 aliphatic heterocycles. The number of aromatic amines is 1. The Hall–Kier alpha value is -0.880. The summed E-state index contributed by atoms with van der Waals surface area (Å²) < 4.78 is 0. The van der Waals surface area contributed by atoms with E-state index >= 15 is 0 Å². The summed E-state index contributed by atoms with van der Waals surface area (Å²) in [5.41, 5.74) is 1.08. The largest absolute Gasteiger partial charge is 0.254 e. The molecule has 2 aromatic heterocycles. The second kappa shape index (κ2) is 3.89. The summed E-state index contributed by atoms with van der Waals surface area (Å²) in [6.45, 7) is 2.00. The first-order chi connectivity index (χ1) is 6.34. The molecule has 0 saturated carbocycles. The zero-order valence-electron chi connectivity index (χ0n) is 7.02. The molecule has 13 heavy (non-hydrogen) atoms. The molecular formula is C7H8N4S2. The van der Waals surface area contributed by atoms with Crippen LogP contribution in [0.3, 0.4) is 0 Å². The maximum absolute atomic E-state index is 4.35. The molecule has 0 unspecified atom stereocenters.